The van der Waals surface area contributed by atoms with Crippen LogP contribution < -0.4 is 0 Å². The molecule has 5 nitrogen and oxygen atoms in total. The lowest BCUT2D eigenvalue weighted by Crippen LogP contribution is -2.36. The number of likely N-dealkylation sites (N-methyl/N-ethyl adjacent to an activating group) is 2. The molecule has 6 heteroatoms. The maximum Gasteiger partial charge on any atom is 0.320 e. The number of urea groups is 1. The van der Waals surface area contributed by atoms with Crippen LogP contribution in [0.3, 0.4) is 0 Å². The molecule has 1 aliphatic rings. The number of carbonyl (C=O) groups excluding carboxylic acids is 1. The van der Waals surface area contributed by atoms with E-state index in [-0.39, 0.29) is 17.5 Å². The Morgan fingerprint density at radius 1 is 1.18 bits per heavy atom. The number of rotatable bonds is 2. The summed E-state index contributed by atoms with van der Waals surface area (Å²) in [5.41, 5.74) is 0. The van der Waals surface area contributed by atoms with E-state index in [9.17, 15) is 13.2 Å². The van der Waals surface area contributed by atoms with E-state index < -0.39 is 15.2 Å². The molecule has 1 aromatic rings. The number of carbonyl (C=O) groups is 1. The van der Waals surface area contributed by atoms with Crippen LogP contribution in [0.4, 0.5) is 4.79 Å². The smallest absolute Gasteiger partial charge is 0.320 e. The standard InChI is InChI=1S/C11H14N2O3S/c1-12-8-10(13(2)11(12)14)17(15,16)9-6-4-3-5-7-9/h3-7,10H,8H2,1-2H3. The van der Waals surface area contributed by atoms with E-state index in [0.29, 0.717) is 0 Å². The SMILES string of the molecule is CN1CC(S(=O)(=O)c2ccccc2)N(C)C1=O. The molecule has 1 aromatic carbocycles. The summed E-state index contributed by atoms with van der Waals surface area (Å²) in [4.78, 5) is 14.5. The van der Waals surface area contributed by atoms with Crippen molar-refractivity contribution >= 4 is 15.9 Å². The van der Waals surface area contributed by atoms with Crippen LogP contribution in [0.5, 0.6) is 0 Å². The highest BCUT2D eigenvalue weighted by atomic mass is 32.2. The van der Waals surface area contributed by atoms with Crippen molar-refractivity contribution in [1.29, 1.82) is 0 Å². The fraction of sp³-hybridized carbons (Fsp3) is 0.364. The summed E-state index contributed by atoms with van der Waals surface area (Å²) in [7, 11) is -0.383. The number of sulfone groups is 1. The quantitative estimate of drug-likeness (QED) is 0.783. The minimum Gasteiger partial charge on any atom is -0.325 e. The number of nitrogens with zero attached hydrogens (tertiary/aromatic N) is 2. The van der Waals surface area contributed by atoms with Gasteiger partial charge in [0.15, 0.2) is 5.37 Å². The summed E-state index contributed by atoms with van der Waals surface area (Å²) in [6.45, 7) is 0.201. The lowest BCUT2D eigenvalue weighted by atomic mass is 10.4. The molecule has 0 saturated carbocycles. The zero-order chi connectivity index (χ0) is 12.6. The first kappa shape index (κ1) is 11.9. The Kier molecular flexibility index (Phi) is 2.82. The molecular formula is C11H14N2O3S. The average molecular weight is 254 g/mol. The fourth-order valence-electron chi connectivity index (χ4n) is 1.90. The van der Waals surface area contributed by atoms with Gasteiger partial charge in [-0.3, -0.25) is 0 Å². The lowest BCUT2D eigenvalue weighted by Gasteiger charge is -2.18. The van der Waals surface area contributed by atoms with Gasteiger partial charge >= 0.3 is 6.03 Å². The summed E-state index contributed by atoms with van der Waals surface area (Å²) in [6.07, 6.45) is 0. The summed E-state index contributed by atoms with van der Waals surface area (Å²) in [5, 5.41) is -0.803. The molecule has 1 atom stereocenters. The summed E-state index contributed by atoms with van der Waals surface area (Å²) >= 11 is 0. The second kappa shape index (κ2) is 4.03. The van der Waals surface area contributed by atoms with Crippen LogP contribution in [0.25, 0.3) is 0 Å². The highest BCUT2D eigenvalue weighted by Gasteiger charge is 2.41. The molecule has 0 radical (unpaired) electrons. The van der Waals surface area contributed by atoms with Gasteiger partial charge in [0, 0.05) is 14.1 Å². The van der Waals surface area contributed by atoms with Crippen molar-refractivity contribution in [3.8, 4) is 0 Å². The van der Waals surface area contributed by atoms with Gasteiger partial charge in [-0.2, -0.15) is 0 Å². The predicted molar refractivity (Wildman–Crippen MR) is 63.2 cm³/mol. The van der Waals surface area contributed by atoms with Crippen molar-refractivity contribution in [2.24, 2.45) is 0 Å². The Labute approximate surface area is 101 Å². The second-order valence-corrected chi connectivity index (χ2v) is 6.19. The maximum absolute atomic E-state index is 12.3. The lowest BCUT2D eigenvalue weighted by molar-refractivity contribution is 0.204. The first-order chi connectivity index (χ1) is 7.94. The molecule has 2 amide bonds. The third kappa shape index (κ3) is 1.88. The first-order valence-electron chi connectivity index (χ1n) is 5.21. The van der Waals surface area contributed by atoms with Crippen LogP contribution in [-0.4, -0.2) is 50.3 Å². The number of hydrogen-bond acceptors (Lipinski definition) is 3. The van der Waals surface area contributed by atoms with Crippen molar-refractivity contribution in [2.75, 3.05) is 20.6 Å². The monoisotopic (exact) mass is 254 g/mol. The van der Waals surface area contributed by atoms with Gasteiger partial charge in [0.2, 0.25) is 9.84 Å². The van der Waals surface area contributed by atoms with Gasteiger partial charge in [-0.15, -0.1) is 0 Å². The Balaban J connectivity index is 2.39. The topological polar surface area (TPSA) is 57.7 Å². The van der Waals surface area contributed by atoms with Crippen molar-refractivity contribution < 1.29 is 13.2 Å². The zero-order valence-corrected chi connectivity index (χ0v) is 10.5. The van der Waals surface area contributed by atoms with Gasteiger partial charge in [0.25, 0.3) is 0 Å². The molecule has 1 heterocycles. The van der Waals surface area contributed by atoms with Gasteiger partial charge < -0.3 is 9.80 Å². The molecule has 0 bridgehead atoms. The fourth-order valence-corrected chi connectivity index (χ4v) is 3.68. The minimum absolute atomic E-state index is 0.201. The molecule has 92 valence electrons. The molecule has 0 aromatic heterocycles. The van der Waals surface area contributed by atoms with Crippen LogP contribution in [0, 0.1) is 0 Å². The maximum atomic E-state index is 12.3. The van der Waals surface area contributed by atoms with Crippen LogP contribution in [-0.2, 0) is 9.84 Å². The molecule has 1 saturated heterocycles. The van der Waals surface area contributed by atoms with E-state index in [1.165, 1.54) is 16.8 Å². The molecule has 2 rings (SSSR count). The van der Waals surface area contributed by atoms with E-state index in [4.69, 9.17) is 0 Å². The summed E-state index contributed by atoms with van der Waals surface area (Å²) in [6, 6.07) is 7.93. The van der Waals surface area contributed by atoms with E-state index >= 15 is 0 Å². The summed E-state index contributed by atoms with van der Waals surface area (Å²) in [5.74, 6) is 0. The molecule has 1 aliphatic heterocycles. The van der Waals surface area contributed by atoms with Crippen molar-refractivity contribution in [3.05, 3.63) is 30.3 Å². The van der Waals surface area contributed by atoms with Crippen LogP contribution in [0.2, 0.25) is 0 Å². The Hall–Kier alpha value is -1.56. The Bertz CT molecular complexity index is 527. The van der Waals surface area contributed by atoms with E-state index in [0.717, 1.165) is 0 Å². The van der Waals surface area contributed by atoms with Crippen LogP contribution in [0.1, 0.15) is 0 Å². The van der Waals surface area contributed by atoms with E-state index in [1.807, 2.05) is 0 Å². The Morgan fingerprint density at radius 3 is 2.24 bits per heavy atom. The van der Waals surface area contributed by atoms with Crippen LogP contribution >= 0.6 is 0 Å². The van der Waals surface area contributed by atoms with Gasteiger partial charge in [0.05, 0.1) is 11.4 Å². The van der Waals surface area contributed by atoms with Gasteiger partial charge in [-0.05, 0) is 12.1 Å². The molecule has 0 aliphatic carbocycles. The number of hydrogen-bond donors (Lipinski definition) is 0. The largest absolute Gasteiger partial charge is 0.325 e. The molecule has 0 spiro atoms. The predicted octanol–water partition coefficient (Wildman–Crippen LogP) is 0.784. The van der Waals surface area contributed by atoms with E-state index in [2.05, 4.69) is 0 Å². The van der Waals surface area contributed by atoms with Gasteiger partial charge in [0.1, 0.15) is 0 Å². The van der Waals surface area contributed by atoms with Gasteiger partial charge in [-0.25, -0.2) is 13.2 Å². The van der Waals surface area contributed by atoms with Crippen molar-refractivity contribution in [1.82, 2.24) is 9.80 Å². The zero-order valence-electron chi connectivity index (χ0n) is 9.70. The minimum atomic E-state index is -3.49. The highest BCUT2D eigenvalue weighted by Crippen LogP contribution is 2.23. The average Bonchev–Trinajstić information content (AvgIpc) is 2.59. The third-order valence-corrected chi connectivity index (χ3v) is 5.03. The normalized spacial score (nSPS) is 21.1. The number of benzene rings is 1. The highest BCUT2D eigenvalue weighted by molar-refractivity contribution is 7.92. The first-order valence-corrected chi connectivity index (χ1v) is 6.76. The molecule has 0 N–H and O–H groups in total. The molecule has 1 fully saturated rings. The van der Waals surface area contributed by atoms with Gasteiger partial charge in [-0.1, -0.05) is 18.2 Å². The van der Waals surface area contributed by atoms with Crippen molar-refractivity contribution in [3.63, 3.8) is 0 Å². The van der Waals surface area contributed by atoms with Crippen LogP contribution in [0.15, 0.2) is 35.2 Å². The molecule has 1 unspecified atom stereocenters. The number of amides is 2. The van der Waals surface area contributed by atoms with E-state index in [1.54, 1.807) is 37.4 Å². The Morgan fingerprint density at radius 2 is 1.76 bits per heavy atom. The summed E-state index contributed by atoms with van der Waals surface area (Å²) < 4.78 is 24.6. The molecular weight excluding hydrogens is 240 g/mol. The second-order valence-electron chi connectivity index (χ2n) is 4.09. The van der Waals surface area contributed by atoms with Crippen molar-refractivity contribution in [2.45, 2.75) is 10.3 Å². The molecule has 17 heavy (non-hydrogen) atoms. The third-order valence-electron chi connectivity index (χ3n) is 2.92.